The number of hydrogen-bond acceptors (Lipinski definition) is 7. The molecule has 1 atom stereocenters. The van der Waals surface area contributed by atoms with Crippen LogP contribution in [-0.4, -0.2) is 49.0 Å². The van der Waals surface area contributed by atoms with E-state index in [9.17, 15) is 18.0 Å². The zero-order valence-electron chi connectivity index (χ0n) is 26.2. The molecule has 1 unspecified atom stereocenters. The van der Waals surface area contributed by atoms with Gasteiger partial charge in [0.25, 0.3) is 0 Å². The van der Waals surface area contributed by atoms with Gasteiger partial charge in [0.05, 0.1) is 16.7 Å². The Morgan fingerprint density at radius 1 is 1.07 bits per heavy atom. The van der Waals surface area contributed by atoms with Crippen LogP contribution in [0.3, 0.4) is 0 Å². The number of carbonyl (C=O) groups excluding carboxylic acids is 2. The van der Waals surface area contributed by atoms with Gasteiger partial charge in [-0.05, 0) is 116 Å². The van der Waals surface area contributed by atoms with Crippen molar-refractivity contribution in [2.24, 2.45) is 5.92 Å². The van der Waals surface area contributed by atoms with Gasteiger partial charge in [-0.25, -0.2) is 13.2 Å². The summed E-state index contributed by atoms with van der Waals surface area (Å²) in [5.41, 5.74) is 2.36. The molecule has 226 valence electrons. The molecule has 0 bridgehead atoms. The normalized spacial score (nSPS) is 15.7. The molecular formula is C31H50N2O6S. The lowest BCUT2D eigenvalue weighted by Crippen LogP contribution is -2.43. The minimum absolute atomic E-state index is 0.0559. The number of unbranched alkanes of at least 4 members (excludes halogenated alkanes) is 1. The maximum atomic E-state index is 13.5. The van der Waals surface area contributed by atoms with Crippen LogP contribution in [0, 0.1) is 32.1 Å². The van der Waals surface area contributed by atoms with Gasteiger partial charge < -0.3 is 20.2 Å². The molecule has 0 saturated carbocycles. The first-order valence-electron chi connectivity index (χ1n) is 14.4. The van der Waals surface area contributed by atoms with Crippen molar-refractivity contribution in [2.75, 3.05) is 5.75 Å². The summed E-state index contributed by atoms with van der Waals surface area (Å²) in [5.74, 6) is 0.554. The Morgan fingerprint density at radius 2 is 1.70 bits per heavy atom. The van der Waals surface area contributed by atoms with Crippen LogP contribution in [0.15, 0.2) is 4.90 Å². The summed E-state index contributed by atoms with van der Waals surface area (Å²) in [6.07, 6.45) is 3.09. The van der Waals surface area contributed by atoms with Crippen LogP contribution < -0.4 is 10.1 Å². The Hall–Kier alpha value is -2.42. The molecule has 2 N–H and O–H groups in total. The van der Waals surface area contributed by atoms with Crippen molar-refractivity contribution in [2.45, 2.75) is 136 Å². The van der Waals surface area contributed by atoms with Crippen molar-refractivity contribution < 1.29 is 27.5 Å². The van der Waals surface area contributed by atoms with Crippen LogP contribution in [0.1, 0.15) is 109 Å². The van der Waals surface area contributed by atoms with Gasteiger partial charge in [-0.3, -0.25) is 4.79 Å². The Kier molecular flexibility index (Phi) is 11.0. The largest absolute Gasteiger partial charge is 0.487 e. The van der Waals surface area contributed by atoms with Gasteiger partial charge in [-0.2, -0.15) is 0 Å². The first-order chi connectivity index (χ1) is 18.2. The molecule has 1 aliphatic rings. The smallest absolute Gasteiger partial charge is 0.408 e. The Balaban J connectivity index is 2.05. The van der Waals surface area contributed by atoms with E-state index in [1.165, 1.54) is 0 Å². The predicted octanol–water partition coefficient (Wildman–Crippen LogP) is 6.58. The molecule has 0 spiro atoms. The highest BCUT2D eigenvalue weighted by Crippen LogP contribution is 2.42. The fourth-order valence-corrected chi connectivity index (χ4v) is 7.14. The number of carbonyl (C=O) groups is 2. The maximum absolute atomic E-state index is 13.5. The van der Waals surface area contributed by atoms with Crippen molar-refractivity contribution in [1.82, 2.24) is 5.32 Å². The van der Waals surface area contributed by atoms with Crippen LogP contribution in [0.4, 0.5) is 4.79 Å². The number of fused-ring (bicyclic) bond motifs is 1. The maximum Gasteiger partial charge on any atom is 0.408 e. The van der Waals surface area contributed by atoms with Crippen molar-refractivity contribution in [1.29, 1.82) is 5.41 Å². The van der Waals surface area contributed by atoms with Crippen molar-refractivity contribution in [3.8, 4) is 5.75 Å². The summed E-state index contributed by atoms with van der Waals surface area (Å²) < 4.78 is 38.6. The highest BCUT2D eigenvalue weighted by molar-refractivity contribution is 7.92. The molecule has 1 aliphatic heterocycles. The second-order valence-electron chi connectivity index (χ2n) is 13.2. The lowest BCUT2D eigenvalue weighted by atomic mass is 9.88. The molecule has 9 heteroatoms. The van der Waals surface area contributed by atoms with E-state index in [4.69, 9.17) is 14.9 Å². The van der Waals surface area contributed by atoms with Gasteiger partial charge in [0.1, 0.15) is 17.0 Å². The molecule has 1 amide bonds. The standard InChI is InChI=1S/C31H50N2O6S/c1-19(2)17-26(34)25(33-29(35)39-30(6,7)8)14-12-11-13-23(32)18-40(36,37)28-21(4)20(3)27-24(22(28)5)15-16-31(9,10)38-27/h19,25,32H,11-18H2,1-10H3,(H,33,35). The topological polar surface area (TPSA) is 123 Å². The first kappa shape index (κ1) is 33.8. The number of hydrogen-bond donors (Lipinski definition) is 2. The van der Waals surface area contributed by atoms with Crippen molar-refractivity contribution in [3.05, 3.63) is 22.3 Å². The minimum Gasteiger partial charge on any atom is -0.487 e. The molecule has 0 aliphatic carbocycles. The summed E-state index contributed by atoms with van der Waals surface area (Å²) in [7, 11) is -3.73. The predicted molar refractivity (Wildman–Crippen MR) is 160 cm³/mol. The third-order valence-corrected chi connectivity index (χ3v) is 9.21. The monoisotopic (exact) mass is 578 g/mol. The van der Waals surface area contributed by atoms with Gasteiger partial charge in [0, 0.05) is 12.1 Å². The fraction of sp³-hybridized carbons (Fsp3) is 0.710. The molecule has 8 nitrogen and oxygen atoms in total. The molecular weight excluding hydrogens is 528 g/mol. The number of benzene rings is 1. The Bertz CT molecular complexity index is 1230. The van der Waals surface area contributed by atoms with Crippen LogP contribution in [0.5, 0.6) is 5.75 Å². The van der Waals surface area contributed by atoms with Crippen LogP contribution in [-0.2, 0) is 25.8 Å². The SMILES string of the molecule is Cc1c(C)c(S(=O)(=O)CC(=N)CCCCC(NC(=O)OC(C)(C)C)C(=O)CC(C)C)c(C)c2c1OC(C)(C)CC2. The van der Waals surface area contributed by atoms with E-state index in [0.29, 0.717) is 42.6 Å². The third-order valence-electron chi connectivity index (χ3n) is 7.25. The highest BCUT2D eigenvalue weighted by Gasteiger charge is 2.33. The molecule has 40 heavy (non-hydrogen) atoms. The number of alkyl carbamates (subject to hydrolysis) is 1. The molecule has 1 heterocycles. The zero-order chi connectivity index (χ0) is 30.6. The lowest BCUT2D eigenvalue weighted by Gasteiger charge is -2.35. The van der Waals surface area contributed by atoms with Crippen molar-refractivity contribution in [3.63, 3.8) is 0 Å². The molecule has 1 aromatic carbocycles. The van der Waals surface area contributed by atoms with E-state index in [2.05, 4.69) is 5.32 Å². The number of rotatable bonds is 12. The quantitative estimate of drug-likeness (QED) is 0.213. The van der Waals surface area contributed by atoms with E-state index in [0.717, 1.165) is 35.3 Å². The Morgan fingerprint density at radius 3 is 2.27 bits per heavy atom. The average Bonchev–Trinajstić information content (AvgIpc) is 2.76. The number of ether oxygens (including phenoxy) is 2. The number of ketones is 1. The van der Waals surface area contributed by atoms with E-state index in [1.807, 2.05) is 48.5 Å². The summed E-state index contributed by atoms with van der Waals surface area (Å²) in [6.45, 7) is 18.8. The van der Waals surface area contributed by atoms with E-state index in [1.54, 1.807) is 20.8 Å². The summed E-state index contributed by atoms with van der Waals surface area (Å²) >= 11 is 0. The first-order valence-corrected chi connectivity index (χ1v) is 16.0. The molecule has 0 radical (unpaired) electrons. The van der Waals surface area contributed by atoms with Crippen LogP contribution >= 0.6 is 0 Å². The second kappa shape index (κ2) is 13.0. The van der Waals surface area contributed by atoms with E-state index >= 15 is 0 Å². The summed E-state index contributed by atoms with van der Waals surface area (Å²) in [6, 6.07) is -0.675. The third kappa shape index (κ3) is 9.32. The number of amides is 1. The number of Topliss-reactive ketones (excluding diaryl/α,β-unsaturated/α-hetero) is 1. The molecule has 2 rings (SSSR count). The summed E-state index contributed by atoms with van der Waals surface area (Å²) in [4.78, 5) is 25.4. The van der Waals surface area contributed by atoms with Gasteiger partial charge in [0.15, 0.2) is 15.6 Å². The number of nitrogens with one attached hydrogen (secondary N) is 2. The fourth-order valence-electron chi connectivity index (χ4n) is 5.18. The van der Waals surface area contributed by atoms with Crippen molar-refractivity contribution >= 4 is 27.4 Å². The molecule has 0 saturated heterocycles. The van der Waals surface area contributed by atoms with Gasteiger partial charge in [0.2, 0.25) is 0 Å². The average molecular weight is 579 g/mol. The Labute approximate surface area is 241 Å². The zero-order valence-corrected chi connectivity index (χ0v) is 27.0. The lowest BCUT2D eigenvalue weighted by molar-refractivity contribution is -0.122. The van der Waals surface area contributed by atoms with Crippen LogP contribution in [0.2, 0.25) is 0 Å². The molecule has 0 aromatic heterocycles. The highest BCUT2D eigenvalue weighted by atomic mass is 32.2. The number of sulfone groups is 1. The van der Waals surface area contributed by atoms with Crippen LogP contribution in [0.25, 0.3) is 0 Å². The molecule has 1 aromatic rings. The van der Waals surface area contributed by atoms with Gasteiger partial charge >= 0.3 is 6.09 Å². The minimum atomic E-state index is -3.73. The van der Waals surface area contributed by atoms with Gasteiger partial charge in [-0.15, -0.1) is 0 Å². The van der Waals surface area contributed by atoms with E-state index in [-0.39, 0.29) is 28.8 Å². The summed E-state index contributed by atoms with van der Waals surface area (Å²) in [5, 5.41) is 11.1. The second-order valence-corrected chi connectivity index (χ2v) is 15.2. The van der Waals surface area contributed by atoms with Gasteiger partial charge in [-0.1, -0.05) is 20.3 Å². The van der Waals surface area contributed by atoms with E-state index < -0.39 is 27.6 Å². The molecule has 0 fully saturated rings.